The lowest BCUT2D eigenvalue weighted by Gasteiger charge is -2.33. The van der Waals surface area contributed by atoms with Gasteiger partial charge in [-0.2, -0.15) is 0 Å². The van der Waals surface area contributed by atoms with E-state index >= 15 is 0 Å². The van der Waals surface area contributed by atoms with Crippen LogP contribution in [0.15, 0.2) is 18.2 Å². The Bertz CT molecular complexity index is 579. The highest BCUT2D eigenvalue weighted by Gasteiger charge is 2.25. The fourth-order valence-corrected chi connectivity index (χ4v) is 4.00. The number of ether oxygens (including phenoxy) is 1. The number of unbranched alkanes of at least 4 members (excludes halogenated alkanes) is 1. The van der Waals surface area contributed by atoms with Gasteiger partial charge in [-0.15, -0.1) is 0 Å². The van der Waals surface area contributed by atoms with Crippen molar-refractivity contribution < 1.29 is 9.53 Å². The number of nitrogens with zero attached hydrogens (tertiary/aromatic N) is 2. The first kappa shape index (κ1) is 18.2. The zero-order chi connectivity index (χ0) is 17.6. The van der Waals surface area contributed by atoms with Gasteiger partial charge in [-0.1, -0.05) is 32.3 Å². The van der Waals surface area contributed by atoms with E-state index in [1.54, 1.807) is 0 Å². The van der Waals surface area contributed by atoms with Crippen LogP contribution in [-0.2, 0) is 4.79 Å². The van der Waals surface area contributed by atoms with Crippen LogP contribution >= 0.6 is 0 Å². The van der Waals surface area contributed by atoms with E-state index in [1.165, 1.54) is 50.8 Å². The first-order valence-corrected chi connectivity index (χ1v) is 9.93. The molecule has 2 aliphatic rings. The number of benzene rings is 1. The number of carbonyl (C=O) groups excluding carboxylic acids is 1. The monoisotopic (exact) mass is 344 g/mol. The van der Waals surface area contributed by atoms with Crippen LogP contribution in [0.5, 0.6) is 5.75 Å². The summed E-state index contributed by atoms with van der Waals surface area (Å²) in [6.45, 7) is 8.82. The minimum atomic E-state index is 0.0784. The largest absolute Gasteiger partial charge is 0.482 e. The van der Waals surface area contributed by atoms with Crippen LogP contribution in [0, 0.1) is 12.8 Å². The predicted octanol–water partition coefficient (Wildman–Crippen LogP) is 4.01. The average Bonchev–Trinajstić information content (AvgIpc) is 2.63. The number of hydrogen-bond acceptors (Lipinski definition) is 3. The van der Waals surface area contributed by atoms with Crippen molar-refractivity contribution in [3.05, 3.63) is 23.8 Å². The predicted molar refractivity (Wildman–Crippen MR) is 102 cm³/mol. The minimum Gasteiger partial charge on any atom is -0.482 e. The Morgan fingerprint density at radius 2 is 1.96 bits per heavy atom. The number of anilines is 1. The van der Waals surface area contributed by atoms with Gasteiger partial charge in [0, 0.05) is 6.54 Å². The minimum absolute atomic E-state index is 0.0784. The van der Waals surface area contributed by atoms with Gasteiger partial charge < -0.3 is 14.5 Å². The third kappa shape index (κ3) is 4.75. The van der Waals surface area contributed by atoms with Gasteiger partial charge in [0.1, 0.15) is 5.75 Å². The molecule has 4 nitrogen and oxygen atoms in total. The van der Waals surface area contributed by atoms with Crippen LogP contribution in [0.2, 0.25) is 0 Å². The van der Waals surface area contributed by atoms with E-state index in [0.717, 1.165) is 36.9 Å². The van der Waals surface area contributed by atoms with Crippen molar-refractivity contribution in [1.29, 1.82) is 0 Å². The van der Waals surface area contributed by atoms with Crippen molar-refractivity contribution in [3.63, 3.8) is 0 Å². The molecule has 2 aliphatic heterocycles. The zero-order valence-electron chi connectivity index (χ0n) is 15.8. The number of piperidine rings is 1. The summed E-state index contributed by atoms with van der Waals surface area (Å²) in [5.74, 6) is 1.86. The fraction of sp³-hybridized carbons (Fsp3) is 0.667. The summed E-state index contributed by atoms with van der Waals surface area (Å²) >= 11 is 0. The molecule has 2 heterocycles. The molecule has 0 unspecified atom stereocenters. The quantitative estimate of drug-likeness (QED) is 0.749. The number of carbonyl (C=O) groups is 1. The van der Waals surface area contributed by atoms with Gasteiger partial charge in [-0.05, 0) is 69.4 Å². The van der Waals surface area contributed by atoms with Gasteiger partial charge in [0.05, 0.1) is 5.69 Å². The summed E-state index contributed by atoms with van der Waals surface area (Å²) in [5.41, 5.74) is 2.10. The molecule has 25 heavy (non-hydrogen) atoms. The molecule has 0 aliphatic carbocycles. The maximum atomic E-state index is 12.3. The smallest absolute Gasteiger partial charge is 0.265 e. The summed E-state index contributed by atoms with van der Waals surface area (Å²) in [5, 5.41) is 0. The van der Waals surface area contributed by atoms with Gasteiger partial charge in [0.25, 0.3) is 5.91 Å². The molecular formula is C21H32N2O2. The molecule has 0 N–H and O–H groups in total. The van der Waals surface area contributed by atoms with E-state index in [-0.39, 0.29) is 12.5 Å². The van der Waals surface area contributed by atoms with Gasteiger partial charge in [0.2, 0.25) is 0 Å². The number of hydrogen-bond donors (Lipinski definition) is 0. The zero-order valence-corrected chi connectivity index (χ0v) is 15.8. The second-order valence-corrected chi connectivity index (χ2v) is 7.59. The summed E-state index contributed by atoms with van der Waals surface area (Å²) < 4.78 is 5.59. The number of likely N-dealkylation sites (tertiary alicyclic amines) is 1. The number of rotatable bonds is 7. The van der Waals surface area contributed by atoms with Gasteiger partial charge in [0.15, 0.2) is 6.61 Å². The summed E-state index contributed by atoms with van der Waals surface area (Å²) in [6.07, 6.45) is 7.82. The van der Waals surface area contributed by atoms with E-state index < -0.39 is 0 Å². The molecule has 138 valence electrons. The standard InChI is InChI=1S/C21H32N2O2/c1-3-4-6-18-9-13-22(14-10-18)11-5-12-23-19-8-7-17(2)15-20(19)25-16-21(23)24/h7-8,15,18H,3-6,9-14,16H2,1-2H3. The summed E-state index contributed by atoms with van der Waals surface area (Å²) in [4.78, 5) is 16.7. The second-order valence-electron chi connectivity index (χ2n) is 7.59. The molecule has 0 atom stereocenters. The molecule has 1 amide bonds. The molecule has 4 heteroatoms. The van der Waals surface area contributed by atoms with E-state index in [2.05, 4.69) is 24.8 Å². The Morgan fingerprint density at radius 1 is 1.16 bits per heavy atom. The first-order chi connectivity index (χ1) is 12.2. The molecule has 0 aromatic heterocycles. The first-order valence-electron chi connectivity index (χ1n) is 9.93. The SMILES string of the molecule is CCCCC1CCN(CCCN2C(=O)COc3cc(C)ccc32)CC1. The van der Waals surface area contributed by atoms with Crippen molar-refractivity contribution in [1.82, 2.24) is 4.90 Å². The molecule has 0 bridgehead atoms. The lowest BCUT2D eigenvalue weighted by Crippen LogP contribution is -2.41. The highest BCUT2D eigenvalue weighted by molar-refractivity contribution is 5.97. The van der Waals surface area contributed by atoms with Gasteiger partial charge in [-0.3, -0.25) is 4.79 Å². The van der Waals surface area contributed by atoms with Crippen LogP contribution in [0.3, 0.4) is 0 Å². The topological polar surface area (TPSA) is 32.8 Å². The van der Waals surface area contributed by atoms with Crippen molar-refractivity contribution in [3.8, 4) is 5.75 Å². The number of fused-ring (bicyclic) bond motifs is 1. The van der Waals surface area contributed by atoms with Gasteiger partial charge in [-0.25, -0.2) is 0 Å². The Hall–Kier alpha value is -1.55. The molecule has 1 fully saturated rings. The Labute approximate surface area is 152 Å². The van der Waals surface area contributed by atoms with Crippen molar-refractivity contribution in [2.45, 2.75) is 52.4 Å². The van der Waals surface area contributed by atoms with Crippen LogP contribution < -0.4 is 9.64 Å². The van der Waals surface area contributed by atoms with Crippen LogP contribution in [-0.4, -0.2) is 43.6 Å². The maximum Gasteiger partial charge on any atom is 0.265 e. The molecular weight excluding hydrogens is 312 g/mol. The molecule has 0 radical (unpaired) electrons. The van der Waals surface area contributed by atoms with Crippen molar-refractivity contribution in [2.24, 2.45) is 5.92 Å². The van der Waals surface area contributed by atoms with Gasteiger partial charge >= 0.3 is 0 Å². The Balaban J connectivity index is 1.46. The molecule has 0 spiro atoms. The molecule has 1 aromatic rings. The Morgan fingerprint density at radius 3 is 2.72 bits per heavy atom. The van der Waals surface area contributed by atoms with Crippen molar-refractivity contribution in [2.75, 3.05) is 37.7 Å². The molecule has 3 rings (SSSR count). The lowest BCUT2D eigenvalue weighted by atomic mass is 9.91. The molecule has 1 aromatic carbocycles. The summed E-state index contributed by atoms with van der Waals surface area (Å²) in [6, 6.07) is 6.09. The van der Waals surface area contributed by atoms with Crippen LogP contribution in [0.4, 0.5) is 5.69 Å². The second kappa shape index (κ2) is 8.70. The van der Waals surface area contributed by atoms with E-state index in [4.69, 9.17) is 4.74 Å². The van der Waals surface area contributed by atoms with Crippen LogP contribution in [0.1, 0.15) is 51.0 Å². The van der Waals surface area contributed by atoms with E-state index in [0.29, 0.717) is 0 Å². The third-order valence-corrected chi connectivity index (χ3v) is 5.59. The highest BCUT2D eigenvalue weighted by Crippen LogP contribution is 2.33. The maximum absolute atomic E-state index is 12.3. The Kier molecular flexibility index (Phi) is 6.35. The highest BCUT2D eigenvalue weighted by atomic mass is 16.5. The lowest BCUT2D eigenvalue weighted by molar-refractivity contribution is -0.121. The van der Waals surface area contributed by atoms with E-state index in [9.17, 15) is 4.79 Å². The molecule has 0 saturated carbocycles. The average molecular weight is 344 g/mol. The normalized spacial score (nSPS) is 19.0. The molecule has 1 saturated heterocycles. The van der Waals surface area contributed by atoms with Crippen LogP contribution in [0.25, 0.3) is 0 Å². The van der Waals surface area contributed by atoms with Crippen molar-refractivity contribution >= 4 is 11.6 Å². The number of amides is 1. The third-order valence-electron chi connectivity index (χ3n) is 5.59. The number of aryl methyl sites for hydroxylation is 1. The van der Waals surface area contributed by atoms with E-state index in [1.807, 2.05) is 17.0 Å². The fourth-order valence-electron chi connectivity index (χ4n) is 4.00. The summed E-state index contributed by atoms with van der Waals surface area (Å²) in [7, 11) is 0.